The molecule has 2 heterocycles. The predicted octanol–water partition coefficient (Wildman–Crippen LogP) is 6.45. The minimum atomic E-state index is -0.108. The van der Waals surface area contributed by atoms with Crippen molar-refractivity contribution in [2.24, 2.45) is 4.99 Å². The number of para-hydroxylation sites is 1. The van der Waals surface area contributed by atoms with Crippen molar-refractivity contribution < 1.29 is 4.79 Å². The lowest BCUT2D eigenvalue weighted by Crippen LogP contribution is -2.19. The lowest BCUT2D eigenvalue weighted by Gasteiger charge is -2.08. The monoisotopic (exact) mass is 451 g/mol. The van der Waals surface area contributed by atoms with Crippen molar-refractivity contribution in [3.05, 3.63) is 106 Å². The average Bonchev–Trinajstić information content (AvgIpc) is 3.32. The molecule has 0 saturated carbocycles. The van der Waals surface area contributed by atoms with Gasteiger partial charge in [-0.2, -0.15) is 0 Å². The molecule has 5 heteroatoms. The van der Waals surface area contributed by atoms with Crippen LogP contribution in [0.2, 0.25) is 0 Å². The van der Waals surface area contributed by atoms with E-state index >= 15 is 0 Å². The molecule has 0 bridgehead atoms. The number of thioether (sulfide) groups is 1. The summed E-state index contributed by atoms with van der Waals surface area (Å²) in [5.41, 5.74) is 6.74. The molecule has 1 aliphatic rings. The Morgan fingerprint density at radius 2 is 1.67 bits per heavy atom. The molecule has 164 valence electrons. The van der Waals surface area contributed by atoms with E-state index in [9.17, 15) is 4.79 Å². The Morgan fingerprint density at radius 1 is 0.939 bits per heavy atom. The van der Waals surface area contributed by atoms with Crippen molar-refractivity contribution in [1.29, 1.82) is 0 Å². The van der Waals surface area contributed by atoms with Crippen LogP contribution in [0, 0.1) is 6.92 Å². The first-order valence-corrected chi connectivity index (χ1v) is 11.9. The third-order valence-corrected chi connectivity index (χ3v) is 6.87. The van der Waals surface area contributed by atoms with E-state index in [2.05, 4.69) is 83.3 Å². The van der Waals surface area contributed by atoms with E-state index in [-0.39, 0.29) is 5.91 Å². The van der Waals surface area contributed by atoms with E-state index in [0.717, 1.165) is 35.3 Å². The van der Waals surface area contributed by atoms with Crippen LogP contribution in [-0.2, 0) is 17.8 Å². The highest BCUT2D eigenvalue weighted by Crippen LogP contribution is 2.33. The highest BCUT2D eigenvalue weighted by molar-refractivity contribution is 8.18. The third-order valence-electron chi connectivity index (χ3n) is 5.96. The number of hydrogen-bond donors (Lipinski definition) is 1. The lowest BCUT2D eigenvalue weighted by atomic mass is 10.1. The third kappa shape index (κ3) is 4.37. The van der Waals surface area contributed by atoms with Gasteiger partial charge in [0.2, 0.25) is 0 Å². The zero-order chi connectivity index (χ0) is 22.8. The molecule has 1 aliphatic heterocycles. The van der Waals surface area contributed by atoms with Gasteiger partial charge in [0, 0.05) is 28.7 Å². The van der Waals surface area contributed by atoms with Gasteiger partial charge in [-0.1, -0.05) is 67.6 Å². The highest BCUT2D eigenvalue weighted by Gasteiger charge is 2.25. The summed E-state index contributed by atoms with van der Waals surface area (Å²) in [4.78, 5) is 18.0. The minimum Gasteiger partial charge on any atom is -0.340 e. The quantitative estimate of drug-likeness (QED) is 0.354. The molecule has 0 radical (unpaired) electrons. The number of amides is 1. The van der Waals surface area contributed by atoms with E-state index in [4.69, 9.17) is 0 Å². The largest absolute Gasteiger partial charge is 0.340 e. The molecule has 33 heavy (non-hydrogen) atoms. The van der Waals surface area contributed by atoms with Gasteiger partial charge in [-0.25, -0.2) is 4.99 Å². The second kappa shape index (κ2) is 9.12. The van der Waals surface area contributed by atoms with Crippen LogP contribution >= 0.6 is 11.8 Å². The molecule has 1 amide bonds. The van der Waals surface area contributed by atoms with E-state index in [0.29, 0.717) is 10.1 Å². The van der Waals surface area contributed by atoms with E-state index in [1.807, 2.05) is 30.3 Å². The van der Waals surface area contributed by atoms with Gasteiger partial charge in [-0.3, -0.25) is 4.79 Å². The number of benzene rings is 3. The average molecular weight is 452 g/mol. The molecule has 1 fully saturated rings. The fourth-order valence-electron chi connectivity index (χ4n) is 4.14. The number of carbonyl (C=O) groups is 1. The van der Waals surface area contributed by atoms with Crippen LogP contribution in [0.1, 0.15) is 29.3 Å². The molecule has 5 rings (SSSR count). The molecule has 4 nitrogen and oxygen atoms in total. The van der Waals surface area contributed by atoms with Crippen molar-refractivity contribution in [3.8, 4) is 0 Å². The molecule has 1 saturated heterocycles. The number of amidine groups is 1. The maximum Gasteiger partial charge on any atom is 0.264 e. The Bertz CT molecular complexity index is 1380. The zero-order valence-corrected chi connectivity index (χ0v) is 19.5. The van der Waals surface area contributed by atoms with Gasteiger partial charge >= 0.3 is 0 Å². The smallest absolute Gasteiger partial charge is 0.264 e. The molecule has 4 aromatic rings. The molecular weight excluding hydrogens is 426 g/mol. The van der Waals surface area contributed by atoms with Crippen LogP contribution < -0.4 is 5.32 Å². The first-order valence-electron chi connectivity index (χ1n) is 11.1. The summed E-state index contributed by atoms with van der Waals surface area (Å²) in [5, 5.41) is 4.67. The van der Waals surface area contributed by atoms with Gasteiger partial charge in [0.05, 0.1) is 10.6 Å². The van der Waals surface area contributed by atoms with Crippen LogP contribution in [0.3, 0.4) is 0 Å². The summed E-state index contributed by atoms with van der Waals surface area (Å²) < 4.78 is 2.32. The summed E-state index contributed by atoms with van der Waals surface area (Å²) in [6, 6.07) is 26.9. The van der Waals surface area contributed by atoms with Crippen LogP contribution in [-0.4, -0.2) is 15.6 Å². The maximum atomic E-state index is 12.7. The van der Waals surface area contributed by atoms with Gasteiger partial charge < -0.3 is 9.88 Å². The van der Waals surface area contributed by atoms with Gasteiger partial charge in [0.25, 0.3) is 5.91 Å². The van der Waals surface area contributed by atoms with Crippen LogP contribution in [0.25, 0.3) is 17.0 Å². The summed E-state index contributed by atoms with van der Waals surface area (Å²) in [6.45, 7) is 5.04. The molecule has 0 unspecified atom stereocenters. The Kier molecular flexibility index (Phi) is 5.88. The lowest BCUT2D eigenvalue weighted by molar-refractivity contribution is -0.115. The van der Waals surface area contributed by atoms with Gasteiger partial charge in [0.15, 0.2) is 5.17 Å². The summed E-state index contributed by atoms with van der Waals surface area (Å²) in [7, 11) is 0. The highest BCUT2D eigenvalue weighted by atomic mass is 32.2. The Labute approximate surface area is 198 Å². The van der Waals surface area contributed by atoms with Gasteiger partial charge in [0.1, 0.15) is 0 Å². The van der Waals surface area contributed by atoms with Gasteiger partial charge in [-0.15, -0.1) is 0 Å². The molecule has 1 N–H and O–H groups in total. The maximum absolute atomic E-state index is 12.7. The molecule has 3 aromatic carbocycles. The van der Waals surface area contributed by atoms with E-state index in [1.54, 1.807) is 0 Å². The first kappa shape index (κ1) is 21.3. The van der Waals surface area contributed by atoms with Crippen molar-refractivity contribution >= 4 is 45.5 Å². The Hall–Kier alpha value is -3.57. The van der Waals surface area contributed by atoms with Crippen LogP contribution in [0.5, 0.6) is 0 Å². The van der Waals surface area contributed by atoms with Crippen molar-refractivity contribution in [1.82, 2.24) is 9.88 Å². The second-order valence-corrected chi connectivity index (χ2v) is 9.12. The molecule has 1 aromatic heterocycles. The molecule has 0 aliphatic carbocycles. The van der Waals surface area contributed by atoms with E-state index < -0.39 is 0 Å². The minimum absolute atomic E-state index is 0.108. The first-order chi connectivity index (χ1) is 16.1. The Morgan fingerprint density at radius 3 is 2.42 bits per heavy atom. The molecule has 0 spiro atoms. The number of aryl methyl sites for hydroxylation is 1. The fraction of sp³-hybridized carbons (Fsp3) is 0.143. The predicted molar refractivity (Wildman–Crippen MR) is 139 cm³/mol. The van der Waals surface area contributed by atoms with Crippen molar-refractivity contribution in [2.75, 3.05) is 0 Å². The number of aliphatic imine (C=N–C) groups is 1. The molecule has 0 atom stereocenters. The summed E-state index contributed by atoms with van der Waals surface area (Å²) >= 11 is 1.39. The second-order valence-electron chi connectivity index (χ2n) is 8.09. The van der Waals surface area contributed by atoms with Gasteiger partial charge in [-0.05, 0) is 60.5 Å². The summed E-state index contributed by atoms with van der Waals surface area (Å²) in [6.07, 6.45) is 2.99. The topological polar surface area (TPSA) is 46.4 Å². The number of fused-ring (bicyclic) bond motifs is 1. The number of nitrogens with zero attached hydrogens (tertiary/aromatic N) is 2. The SMILES string of the molecule is CCc1ccc(N=C2NC(=O)/C(=C/c3c(C)n(Cc4ccccc4)c4ccccc34)S2)cc1. The summed E-state index contributed by atoms with van der Waals surface area (Å²) in [5.74, 6) is -0.108. The number of carbonyl (C=O) groups excluding carboxylic acids is 1. The number of hydrogen-bond acceptors (Lipinski definition) is 3. The zero-order valence-electron chi connectivity index (χ0n) is 18.7. The van der Waals surface area contributed by atoms with Crippen molar-refractivity contribution in [3.63, 3.8) is 0 Å². The fourth-order valence-corrected chi connectivity index (χ4v) is 4.97. The normalized spacial score (nSPS) is 16.1. The number of aromatic nitrogens is 1. The number of rotatable bonds is 5. The van der Waals surface area contributed by atoms with Crippen LogP contribution in [0.4, 0.5) is 5.69 Å². The number of nitrogens with one attached hydrogen (secondary N) is 1. The van der Waals surface area contributed by atoms with Crippen LogP contribution in [0.15, 0.2) is 88.8 Å². The molecular formula is C28H25N3OS. The van der Waals surface area contributed by atoms with E-state index in [1.165, 1.54) is 28.4 Å². The standard InChI is InChI=1S/C28H25N3OS/c1-3-20-13-15-22(16-14-20)29-28-30-27(32)26(33-28)17-24-19(2)31(18-21-9-5-4-6-10-21)25-12-8-7-11-23(24)25/h4-17H,3,18H2,1-2H3,(H,29,30,32)/b26-17-. The van der Waals surface area contributed by atoms with Crippen molar-refractivity contribution in [2.45, 2.75) is 26.8 Å². The Balaban J connectivity index is 1.49.